The van der Waals surface area contributed by atoms with Crippen LogP contribution in [0.3, 0.4) is 0 Å². The zero-order valence-electron chi connectivity index (χ0n) is 8.05. The van der Waals surface area contributed by atoms with Gasteiger partial charge < -0.3 is 5.73 Å². The van der Waals surface area contributed by atoms with Gasteiger partial charge in [0.2, 0.25) is 10.0 Å². The summed E-state index contributed by atoms with van der Waals surface area (Å²) in [5.74, 6) is 0.779. The molecule has 84 valence electrons. The highest BCUT2D eigenvalue weighted by molar-refractivity contribution is 7.89. The van der Waals surface area contributed by atoms with Gasteiger partial charge in [-0.1, -0.05) is 0 Å². The highest BCUT2D eigenvalue weighted by Crippen LogP contribution is 2.31. The first-order valence-electron chi connectivity index (χ1n) is 4.81. The monoisotopic (exact) mass is 240 g/mol. The number of sulfonamides is 1. The van der Waals surface area contributed by atoms with Crippen molar-refractivity contribution in [2.45, 2.75) is 25.3 Å². The molecular formula is C8H17ClN2O2S. The molecule has 0 aromatic rings. The molecule has 4 nitrogen and oxygen atoms in total. The number of hydrogen-bond acceptors (Lipinski definition) is 3. The van der Waals surface area contributed by atoms with Crippen LogP contribution in [0.4, 0.5) is 0 Å². The Morgan fingerprint density at radius 1 is 1.29 bits per heavy atom. The molecule has 0 amide bonds. The van der Waals surface area contributed by atoms with Crippen molar-refractivity contribution in [3.63, 3.8) is 0 Å². The fourth-order valence-electron chi connectivity index (χ4n) is 1.69. The first-order chi connectivity index (χ1) is 6.08. The van der Waals surface area contributed by atoms with Crippen molar-refractivity contribution in [2.24, 2.45) is 11.7 Å². The Morgan fingerprint density at radius 2 is 1.93 bits per heavy atom. The molecule has 0 bridgehead atoms. The van der Waals surface area contributed by atoms with E-state index >= 15 is 0 Å². The number of halogens is 1. The normalized spacial score (nSPS) is 28.8. The maximum atomic E-state index is 11.7. The van der Waals surface area contributed by atoms with Crippen LogP contribution in [0.15, 0.2) is 0 Å². The van der Waals surface area contributed by atoms with Crippen LogP contribution in [0.25, 0.3) is 0 Å². The number of nitrogens with two attached hydrogens (primary N) is 1. The zero-order valence-corrected chi connectivity index (χ0v) is 9.69. The molecule has 14 heavy (non-hydrogen) atoms. The van der Waals surface area contributed by atoms with Crippen LogP contribution in [-0.4, -0.2) is 37.6 Å². The van der Waals surface area contributed by atoms with E-state index in [9.17, 15) is 8.42 Å². The Hall–Kier alpha value is 0.160. The molecule has 1 aliphatic heterocycles. The largest absolute Gasteiger partial charge is 0.326 e. The number of hydrogen-bond donors (Lipinski definition) is 1. The summed E-state index contributed by atoms with van der Waals surface area (Å²) in [7, 11) is -2.98. The quantitative estimate of drug-likeness (QED) is 0.766. The van der Waals surface area contributed by atoms with Crippen LogP contribution in [0.5, 0.6) is 0 Å². The second-order valence-corrected chi connectivity index (χ2v) is 6.14. The zero-order chi connectivity index (χ0) is 9.47. The predicted molar refractivity (Wildman–Crippen MR) is 57.9 cm³/mol. The van der Waals surface area contributed by atoms with E-state index in [0.717, 1.165) is 19.3 Å². The van der Waals surface area contributed by atoms with Crippen molar-refractivity contribution < 1.29 is 8.42 Å². The van der Waals surface area contributed by atoms with Gasteiger partial charge in [-0.2, -0.15) is 0 Å². The summed E-state index contributed by atoms with van der Waals surface area (Å²) < 4.78 is 24.9. The van der Waals surface area contributed by atoms with Gasteiger partial charge >= 0.3 is 0 Å². The fraction of sp³-hybridized carbons (Fsp3) is 1.00. The predicted octanol–water partition coefficient (Wildman–Crippen LogP) is 0.181. The second kappa shape index (κ2) is 4.35. The van der Waals surface area contributed by atoms with Crippen LogP contribution < -0.4 is 5.73 Å². The van der Waals surface area contributed by atoms with E-state index < -0.39 is 10.0 Å². The third kappa shape index (κ3) is 2.82. The molecule has 2 fully saturated rings. The fourth-order valence-corrected chi connectivity index (χ4v) is 3.64. The van der Waals surface area contributed by atoms with Gasteiger partial charge in [0.25, 0.3) is 0 Å². The van der Waals surface area contributed by atoms with E-state index in [2.05, 4.69) is 0 Å². The maximum absolute atomic E-state index is 11.7. The second-order valence-electron chi connectivity index (χ2n) is 4.13. The summed E-state index contributed by atoms with van der Waals surface area (Å²) in [4.78, 5) is 0. The van der Waals surface area contributed by atoms with Crippen LogP contribution in [0, 0.1) is 5.92 Å². The van der Waals surface area contributed by atoms with Gasteiger partial charge in [-0.25, -0.2) is 12.7 Å². The van der Waals surface area contributed by atoms with Gasteiger partial charge in [0, 0.05) is 19.1 Å². The molecule has 2 rings (SSSR count). The Balaban J connectivity index is 0.000000980. The Morgan fingerprint density at radius 3 is 2.36 bits per heavy atom. The van der Waals surface area contributed by atoms with Crippen molar-refractivity contribution in [3.8, 4) is 0 Å². The third-order valence-corrected chi connectivity index (χ3v) is 4.74. The van der Waals surface area contributed by atoms with Crippen molar-refractivity contribution in [2.75, 3.05) is 18.8 Å². The van der Waals surface area contributed by atoms with Crippen molar-refractivity contribution >= 4 is 22.4 Å². The molecule has 2 aliphatic rings. The van der Waals surface area contributed by atoms with Crippen molar-refractivity contribution in [1.82, 2.24) is 4.31 Å². The van der Waals surface area contributed by atoms with Crippen LogP contribution >= 0.6 is 12.4 Å². The standard InChI is InChI=1S/C8H16N2O2S.ClH/c9-8-3-4-10(5-8)13(11,12)6-7-1-2-7;/h7-8H,1-6,9H2;1H/t8-;/m1./s1. The third-order valence-electron chi connectivity index (χ3n) is 2.72. The average Bonchev–Trinajstić information content (AvgIpc) is 2.70. The van der Waals surface area contributed by atoms with Gasteiger partial charge in [-0.3, -0.25) is 0 Å². The van der Waals surface area contributed by atoms with E-state index in [1.54, 1.807) is 4.31 Å². The smallest absolute Gasteiger partial charge is 0.214 e. The molecule has 1 aliphatic carbocycles. The lowest BCUT2D eigenvalue weighted by Gasteiger charge is -2.15. The highest BCUT2D eigenvalue weighted by atomic mass is 35.5. The minimum atomic E-state index is -2.98. The van der Waals surface area contributed by atoms with Crippen molar-refractivity contribution in [1.29, 1.82) is 0 Å². The topological polar surface area (TPSA) is 63.4 Å². The molecule has 1 saturated heterocycles. The van der Waals surface area contributed by atoms with E-state index in [0.29, 0.717) is 24.8 Å². The minimum Gasteiger partial charge on any atom is -0.326 e. The molecule has 2 N–H and O–H groups in total. The Labute approximate surface area is 91.3 Å². The van der Waals surface area contributed by atoms with E-state index in [-0.39, 0.29) is 18.4 Å². The van der Waals surface area contributed by atoms with Crippen molar-refractivity contribution in [3.05, 3.63) is 0 Å². The minimum absolute atomic E-state index is 0. The molecule has 0 spiro atoms. The SMILES string of the molecule is Cl.N[C@@H]1CCN(S(=O)(=O)CC2CC2)C1. The lowest BCUT2D eigenvalue weighted by atomic mass is 10.3. The van der Waals surface area contributed by atoms with E-state index in [4.69, 9.17) is 5.73 Å². The highest BCUT2D eigenvalue weighted by Gasteiger charge is 2.34. The van der Waals surface area contributed by atoms with E-state index in [1.807, 2.05) is 0 Å². The summed E-state index contributed by atoms with van der Waals surface area (Å²) in [6.45, 7) is 1.14. The van der Waals surface area contributed by atoms with Gasteiger partial charge in [-0.15, -0.1) is 12.4 Å². The molecule has 0 aromatic carbocycles. The van der Waals surface area contributed by atoms with Crippen LogP contribution in [0.2, 0.25) is 0 Å². The number of nitrogens with zero attached hydrogens (tertiary/aromatic N) is 1. The number of rotatable bonds is 3. The summed E-state index contributed by atoms with van der Waals surface area (Å²) in [5, 5.41) is 0. The van der Waals surface area contributed by atoms with Gasteiger partial charge in [0.15, 0.2) is 0 Å². The molecule has 1 atom stereocenters. The molecule has 0 radical (unpaired) electrons. The lowest BCUT2D eigenvalue weighted by Crippen LogP contribution is -2.34. The van der Waals surface area contributed by atoms with Gasteiger partial charge in [-0.05, 0) is 25.2 Å². The molecule has 1 saturated carbocycles. The van der Waals surface area contributed by atoms with Crippen LogP contribution in [0.1, 0.15) is 19.3 Å². The molecule has 6 heteroatoms. The Kier molecular flexibility index (Phi) is 3.80. The molecule has 0 aromatic heterocycles. The summed E-state index contributed by atoms with van der Waals surface area (Å²) in [5.41, 5.74) is 5.66. The van der Waals surface area contributed by atoms with E-state index in [1.165, 1.54) is 0 Å². The summed E-state index contributed by atoms with van der Waals surface area (Å²) in [6, 6.07) is 0.0500. The summed E-state index contributed by atoms with van der Waals surface area (Å²) in [6.07, 6.45) is 2.97. The Bertz CT molecular complexity index is 290. The molecule has 1 heterocycles. The molecular weight excluding hydrogens is 224 g/mol. The first-order valence-corrected chi connectivity index (χ1v) is 6.42. The average molecular weight is 241 g/mol. The first kappa shape index (κ1) is 12.2. The summed E-state index contributed by atoms with van der Waals surface area (Å²) >= 11 is 0. The van der Waals surface area contributed by atoms with Gasteiger partial charge in [0.05, 0.1) is 5.75 Å². The lowest BCUT2D eigenvalue weighted by molar-refractivity contribution is 0.470. The van der Waals surface area contributed by atoms with Crippen LogP contribution in [-0.2, 0) is 10.0 Å². The molecule has 0 unspecified atom stereocenters. The van der Waals surface area contributed by atoms with Gasteiger partial charge in [0.1, 0.15) is 0 Å². The maximum Gasteiger partial charge on any atom is 0.214 e.